The molecule has 142 valence electrons. The van der Waals surface area contributed by atoms with Gasteiger partial charge in [-0.2, -0.15) is 0 Å². The number of benzene rings is 1. The molecule has 4 heterocycles. The zero-order valence-electron chi connectivity index (χ0n) is 15.1. The van der Waals surface area contributed by atoms with E-state index in [1.54, 1.807) is 11.3 Å². The predicted molar refractivity (Wildman–Crippen MR) is 112 cm³/mol. The highest BCUT2D eigenvalue weighted by atomic mass is 35.5. The Bertz CT molecular complexity index is 897. The Hall–Kier alpha value is -1.96. The van der Waals surface area contributed by atoms with Crippen molar-refractivity contribution in [3.8, 4) is 22.1 Å². The summed E-state index contributed by atoms with van der Waals surface area (Å²) in [6.07, 6.45) is 3.96. The predicted octanol–water partition coefficient (Wildman–Crippen LogP) is 3.58. The molecule has 0 spiro atoms. The lowest BCUT2D eigenvalue weighted by Gasteiger charge is -2.28. The molecule has 8 heteroatoms. The van der Waals surface area contributed by atoms with Crippen LogP contribution in [-0.2, 0) is 13.1 Å². The van der Waals surface area contributed by atoms with Crippen molar-refractivity contribution in [3.63, 3.8) is 0 Å². The molecule has 1 aromatic carbocycles. The molecule has 27 heavy (non-hydrogen) atoms. The fourth-order valence-electron chi connectivity index (χ4n) is 3.76. The Labute approximate surface area is 169 Å². The number of anilines is 1. The second-order valence-electron chi connectivity index (χ2n) is 6.90. The van der Waals surface area contributed by atoms with Crippen LogP contribution in [0.1, 0.15) is 25.1 Å². The molecule has 0 unspecified atom stereocenters. The molecule has 5 rings (SSSR count). The van der Waals surface area contributed by atoms with Crippen molar-refractivity contribution >= 4 is 29.4 Å². The van der Waals surface area contributed by atoms with Crippen molar-refractivity contribution in [3.05, 3.63) is 35.5 Å². The first-order valence-electron chi connectivity index (χ1n) is 9.32. The van der Waals surface area contributed by atoms with Crippen molar-refractivity contribution in [1.82, 2.24) is 25.1 Å². The highest BCUT2D eigenvalue weighted by Crippen LogP contribution is 2.30. The van der Waals surface area contributed by atoms with Crippen LogP contribution in [0, 0.1) is 0 Å². The van der Waals surface area contributed by atoms with Crippen molar-refractivity contribution in [2.45, 2.75) is 32.4 Å². The Morgan fingerprint density at radius 1 is 0.963 bits per heavy atom. The molecule has 1 saturated heterocycles. The fraction of sp³-hybridized carbons (Fsp3) is 0.421. The van der Waals surface area contributed by atoms with Crippen LogP contribution in [-0.4, -0.2) is 39.4 Å². The molecule has 0 bridgehead atoms. The molecule has 3 aromatic rings. The van der Waals surface area contributed by atoms with E-state index in [1.807, 2.05) is 0 Å². The molecule has 0 saturated carbocycles. The standard InChI is InChI=1S/C19H22N6S.ClH/c1-2-9-24(10-3-1)15-6-4-14(5-7-15)19-21-16(13-26-19)18-23-22-17-12-20-8-11-25(17)18;/h4-7,13,20H,1-3,8-12H2;1H. The number of thiazole rings is 1. The zero-order valence-corrected chi connectivity index (χ0v) is 16.7. The van der Waals surface area contributed by atoms with Gasteiger partial charge in [0.05, 0.1) is 6.54 Å². The Morgan fingerprint density at radius 3 is 2.59 bits per heavy atom. The number of nitrogens with one attached hydrogen (secondary N) is 1. The number of hydrogen-bond donors (Lipinski definition) is 1. The Balaban J connectivity index is 0.00000180. The third-order valence-corrected chi connectivity index (χ3v) is 6.08. The maximum absolute atomic E-state index is 4.83. The number of fused-ring (bicyclic) bond motifs is 1. The first-order chi connectivity index (χ1) is 12.9. The molecule has 2 aliphatic rings. The van der Waals surface area contributed by atoms with Crippen LogP contribution in [0.2, 0.25) is 0 Å². The summed E-state index contributed by atoms with van der Waals surface area (Å²) in [6, 6.07) is 8.84. The summed E-state index contributed by atoms with van der Waals surface area (Å²) in [5.41, 5.74) is 3.41. The first-order valence-corrected chi connectivity index (χ1v) is 10.2. The van der Waals surface area contributed by atoms with Gasteiger partial charge in [-0.05, 0) is 43.5 Å². The van der Waals surface area contributed by atoms with E-state index in [0.717, 1.165) is 42.0 Å². The topological polar surface area (TPSA) is 58.9 Å². The second kappa shape index (κ2) is 7.96. The minimum Gasteiger partial charge on any atom is -0.372 e. The molecule has 2 aliphatic heterocycles. The van der Waals surface area contributed by atoms with E-state index in [9.17, 15) is 0 Å². The van der Waals surface area contributed by atoms with E-state index in [1.165, 1.54) is 43.6 Å². The van der Waals surface area contributed by atoms with Gasteiger partial charge in [0, 0.05) is 42.8 Å². The van der Waals surface area contributed by atoms with E-state index in [4.69, 9.17) is 4.98 Å². The van der Waals surface area contributed by atoms with E-state index in [-0.39, 0.29) is 12.4 Å². The minimum atomic E-state index is 0. The van der Waals surface area contributed by atoms with Gasteiger partial charge in [0.25, 0.3) is 0 Å². The van der Waals surface area contributed by atoms with Crippen LogP contribution in [0.5, 0.6) is 0 Å². The molecule has 2 aromatic heterocycles. The number of aromatic nitrogens is 4. The monoisotopic (exact) mass is 402 g/mol. The van der Waals surface area contributed by atoms with Crippen LogP contribution in [0.15, 0.2) is 29.6 Å². The van der Waals surface area contributed by atoms with Gasteiger partial charge >= 0.3 is 0 Å². The summed E-state index contributed by atoms with van der Waals surface area (Å²) < 4.78 is 2.18. The van der Waals surface area contributed by atoms with E-state index in [2.05, 4.69) is 54.6 Å². The molecule has 6 nitrogen and oxygen atoms in total. The summed E-state index contributed by atoms with van der Waals surface area (Å²) in [5, 5.41) is 15.1. The maximum atomic E-state index is 4.83. The molecule has 0 atom stereocenters. The third kappa shape index (κ3) is 3.59. The molecular formula is C19H23ClN6S. The summed E-state index contributed by atoms with van der Waals surface area (Å²) in [7, 11) is 0. The van der Waals surface area contributed by atoms with Crippen molar-refractivity contribution in [2.75, 3.05) is 24.5 Å². The van der Waals surface area contributed by atoms with Crippen molar-refractivity contribution in [1.29, 1.82) is 0 Å². The average molecular weight is 403 g/mol. The van der Waals surface area contributed by atoms with Gasteiger partial charge in [0.2, 0.25) is 0 Å². The first kappa shape index (κ1) is 18.4. The van der Waals surface area contributed by atoms with Crippen LogP contribution >= 0.6 is 23.7 Å². The van der Waals surface area contributed by atoms with Crippen LogP contribution in [0.4, 0.5) is 5.69 Å². The molecule has 0 amide bonds. The quantitative estimate of drug-likeness (QED) is 0.725. The summed E-state index contributed by atoms with van der Waals surface area (Å²) >= 11 is 1.67. The normalized spacial score (nSPS) is 16.7. The summed E-state index contributed by atoms with van der Waals surface area (Å²) in [5.74, 6) is 1.88. The van der Waals surface area contributed by atoms with E-state index in [0.29, 0.717) is 0 Å². The summed E-state index contributed by atoms with van der Waals surface area (Å²) in [4.78, 5) is 7.32. The molecule has 0 radical (unpaired) electrons. The molecular weight excluding hydrogens is 380 g/mol. The second-order valence-corrected chi connectivity index (χ2v) is 7.76. The van der Waals surface area contributed by atoms with Crippen LogP contribution < -0.4 is 10.2 Å². The number of halogens is 1. The smallest absolute Gasteiger partial charge is 0.183 e. The largest absolute Gasteiger partial charge is 0.372 e. The van der Waals surface area contributed by atoms with E-state index < -0.39 is 0 Å². The zero-order chi connectivity index (χ0) is 17.3. The van der Waals surface area contributed by atoms with Gasteiger partial charge in [-0.3, -0.25) is 0 Å². The van der Waals surface area contributed by atoms with Crippen molar-refractivity contribution < 1.29 is 0 Å². The van der Waals surface area contributed by atoms with Gasteiger partial charge in [-0.1, -0.05) is 0 Å². The van der Waals surface area contributed by atoms with Gasteiger partial charge in [0.15, 0.2) is 5.82 Å². The van der Waals surface area contributed by atoms with Gasteiger partial charge in [-0.15, -0.1) is 33.9 Å². The highest BCUT2D eigenvalue weighted by molar-refractivity contribution is 7.13. The lowest BCUT2D eigenvalue weighted by Crippen LogP contribution is -2.29. The van der Waals surface area contributed by atoms with Crippen LogP contribution in [0.25, 0.3) is 22.1 Å². The maximum Gasteiger partial charge on any atom is 0.183 e. The Kier molecular flexibility index (Phi) is 5.43. The molecule has 1 N–H and O–H groups in total. The summed E-state index contributed by atoms with van der Waals surface area (Å²) in [6.45, 7) is 4.98. The van der Waals surface area contributed by atoms with Gasteiger partial charge < -0.3 is 14.8 Å². The number of nitrogens with zero attached hydrogens (tertiary/aromatic N) is 5. The highest BCUT2D eigenvalue weighted by Gasteiger charge is 2.19. The van der Waals surface area contributed by atoms with E-state index >= 15 is 0 Å². The van der Waals surface area contributed by atoms with Gasteiger partial charge in [-0.25, -0.2) is 4.98 Å². The SMILES string of the molecule is Cl.c1cc(N2CCCCC2)ccc1-c1nc(-c2nnc3n2CCNC3)cs1. The minimum absolute atomic E-state index is 0. The van der Waals surface area contributed by atoms with Crippen LogP contribution in [0.3, 0.4) is 0 Å². The molecule has 1 fully saturated rings. The van der Waals surface area contributed by atoms with Crippen molar-refractivity contribution in [2.24, 2.45) is 0 Å². The lowest BCUT2D eigenvalue weighted by molar-refractivity contribution is 0.508. The average Bonchev–Trinajstić information content (AvgIpc) is 3.36. The Morgan fingerprint density at radius 2 is 1.78 bits per heavy atom. The third-order valence-electron chi connectivity index (χ3n) is 5.19. The number of piperidine rings is 1. The lowest BCUT2D eigenvalue weighted by atomic mass is 10.1. The fourth-order valence-corrected chi connectivity index (χ4v) is 4.56. The van der Waals surface area contributed by atoms with Gasteiger partial charge in [0.1, 0.15) is 16.5 Å². The number of rotatable bonds is 3. The molecule has 0 aliphatic carbocycles. The number of hydrogen-bond acceptors (Lipinski definition) is 6.